The quantitative estimate of drug-likeness (QED) is 0.641. The second-order valence-electron chi connectivity index (χ2n) is 4.42. The van der Waals surface area contributed by atoms with Crippen LogP contribution in [0.4, 0.5) is 0 Å². The average Bonchev–Trinajstić information content (AvgIpc) is 3.17. The van der Waals surface area contributed by atoms with E-state index < -0.39 is 5.97 Å². The van der Waals surface area contributed by atoms with Crippen molar-refractivity contribution in [2.24, 2.45) is 4.99 Å². The third kappa shape index (κ3) is 2.58. The molecule has 3 rings (SSSR count). The SMILES string of the molecule is COc1ccc(C2=N/C(=C/c3ccco3)C(=O)O2)cc1OC. The van der Waals surface area contributed by atoms with Crippen molar-refractivity contribution in [2.75, 3.05) is 14.2 Å². The topological polar surface area (TPSA) is 70.3 Å². The summed E-state index contributed by atoms with van der Waals surface area (Å²) in [5.41, 5.74) is 0.800. The van der Waals surface area contributed by atoms with Crippen molar-refractivity contribution in [3.63, 3.8) is 0 Å². The molecule has 0 fully saturated rings. The minimum atomic E-state index is -0.527. The van der Waals surface area contributed by atoms with Crippen LogP contribution in [0.1, 0.15) is 11.3 Å². The van der Waals surface area contributed by atoms with Gasteiger partial charge in [0.25, 0.3) is 0 Å². The van der Waals surface area contributed by atoms with E-state index in [1.165, 1.54) is 19.4 Å². The molecular formula is C16H13NO5. The number of carbonyl (C=O) groups excluding carboxylic acids is 1. The standard InChI is InChI=1S/C16H13NO5/c1-19-13-6-5-10(8-14(13)20-2)15-17-12(16(18)22-15)9-11-4-3-7-21-11/h3-9H,1-2H3/b12-9+. The highest BCUT2D eigenvalue weighted by atomic mass is 16.6. The van der Waals surface area contributed by atoms with Crippen molar-refractivity contribution in [3.8, 4) is 11.5 Å². The molecule has 1 aromatic carbocycles. The average molecular weight is 299 g/mol. The number of aliphatic imine (C=N–C) groups is 1. The van der Waals surface area contributed by atoms with Crippen LogP contribution in [0, 0.1) is 0 Å². The minimum absolute atomic E-state index is 0.180. The van der Waals surface area contributed by atoms with Crippen molar-refractivity contribution in [2.45, 2.75) is 0 Å². The van der Waals surface area contributed by atoms with Crippen LogP contribution in [0.25, 0.3) is 6.08 Å². The van der Waals surface area contributed by atoms with E-state index in [9.17, 15) is 4.79 Å². The van der Waals surface area contributed by atoms with Gasteiger partial charge in [0, 0.05) is 11.6 Å². The van der Waals surface area contributed by atoms with E-state index in [1.807, 2.05) is 0 Å². The highest BCUT2D eigenvalue weighted by molar-refractivity contribution is 6.12. The van der Waals surface area contributed by atoms with E-state index >= 15 is 0 Å². The zero-order chi connectivity index (χ0) is 15.5. The summed E-state index contributed by atoms with van der Waals surface area (Å²) >= 11 is 0. The Labute approximate surface area is 126 Å². The molecule has 0 aliphatic carbocycles. The number of methoxy groups -OCH3 is 2. The maximum Gasteiger partial charge on any atom is 0.363 e. The fraction of sp³-hybridized carbons (Fsp3) is 0.125. The Balaban J connectivity index is 1.94. The molecule has 0 radical (unpaired) electrons. The molecule has 2 aromatic rings. The van der Waals surface area contributed by atoms with Crippen LogP contribution in [-0.2, 0) is 9.53 Å². The maximum absolute atomic E-state index is 11.9. The molecule has 0 saturated heterocycles. The Bertz CT molecular complexity index is 759. The number of rotatable bonds is 4. The Hall–Kier alpha value is -3.02. The van der Waals surface area contributed by atoms with Gasteiger partial charge in [-0.05, 0) is 30.3 Å². The summed E-state index contributed by atoms with van der Waals surface area (Å²) < 4.78 is 20.7. The molecule has 0 saturated carbocycles. The van der Waals surface area contributed by atoms with E-state index in [-0.39, 0.29) is 11.6 Å². The smallest absolute Gasteiger partial charge is 0.363 e. The fourth-order valence-electron chi connectivity index (χ4n) is 2.01. The molecule has 22 heavy (non-hydrogen) atoms. The molecule has 0 N–H and O–H groups in total. The van der Waals surface area contributed by atoms with Crippen LogP contribution < -0.4 is 9.47 Å². The Kier molecular flexibility index (Phi) is 3.65. The molecule has 0 amide bonds. The van der Waals surface area contributed by atoms with Crippen LogP contribution in [0.2, 0.25) is 0 Å². The number of nitrogens with zero attached hydrogens (tertiary/aromatic N) is 1. The number of cyclic esters (lactones) is 1. The van der Waals surface area contributed by atoms with Gasteiger partial charge in [-0.3, -0.25) is 0 Å². The first-order chi connectivity index (χ1) is 10.7. The van der Waals surface area contributed by atoms with Crippen molar-refractivity contribution in [1.82, 2.24) is 0 Å². The van der Waals surface area contributed by atoms with Crippen LogP contribution in [0.5, 0.6) is 11.5 Å². The van der Waals surface area contributed by atoms with E-state index in [1.54, 1.807) is 37.4 Å². The number of furan rings is 1. The second kappa shape index (κ2) is 5.77. The summed E-state index contributed by atoms with van der Waals surface area (Å²) in [7, 11) is 3.08. The number of hydrogen-bond donors (Lipinski definition) is 0. The fourth-order valence-corrected chi connectivity index (χ4v) is 2.01. The molecule has 6 nitrogen and oxygen atoms in total. The third-order valence-corrected chi connectivity index (χ3v) is 3.07. The van der Waals surface area contributed by atoms with Crippen LogP contribution in [0.3, 0.4) is 0 Å². The van der Waals surface area contributed by atoms with Gasteiger partial charge in [0.2, 0.25) is 5.90 Å². The zero-order valence-electron chi connectivity index (χ0n) is 12.0. The van der Waals surface area contributed by atoms with Crippen molar-refractivity contribution < 1.29 is 23.4 Å². The molecule has 0 atom stereocenters. The number of carbonyl (C=O) groups is 1. The highest BCUT2D eigenvalue weighted by Crippen LogP contribution is 2.29. The van der Waals surface area contributed by atoms with Gasteiger partial charge in [-0.15, -0.1) is 0 Å². The van der Waals surface area contributed by atoms with Crippen molar-refractivity contribution >= 4 is 17.9 Å². The first-order valence-electron chi connectivity index (χ1n) is 6.49. The first-order valence-corrected chi connectivity index (χ1v) is 6.49. The number of benzene rings is 1. The number of hydrogen-bond acceptors (Lipinski definition) is 6. The van der Waals surface area contributed by atoms with Gasteiger partial charge < -0.3 is 18.6 Å². The predicted octanol–water partition coefficient (Wildman–Crippen LogP) is 2.64. The van der Waals surface area contributed by atoms with Gasteiger partial charge in [0.15, 0.2) is 17.2 Å². The van der Waals surface area contributed by atoms with Gasteiger partial charge in [0.05, 0.1) is 20.5 Å². The summed E-state index contributed by atoms with van der Waals surface area (Å²) in [5.74, 6) is 1.33. The molecule has 2 heterocycles. The van der Waals surface area contributed by atoms with Crippen LogP contribution in [0.15, 0.2) is 51.7 Å². The summed E-state index contributed by atoms with van der Waals surface area (Å²) in [6.07, 6.45) is 3.04. The van der Waals surface area contributed by atoms with Gasteiger partial charge in [-0.2, -0.15) is 0 Å². The summed E-state index contributed by atoms with van der Waals surface area (Å²) in [5, 5.41) is 0. The lowest BCUT2D eigenvalue weighted by Crippen LogP contribution is -2.05. The summed E-state index contributed by atoms with van der Waals surface area (Å²) in [6.45, 7) is 0. The Morgan fingerprint density at radius 2 is 1.95 bits per heavy atom. The summed E-state index contributed by atoms with van der Waals surface area (Å²) in [4.78, 5) is 16.1. The lowest BCUT2D eigenvalue weighted by molar-refractivity contribution is -0.129. The predicted molar refractivity (Wildman–Crippen MR) is 78.9 cm³/mol. The van der Waals surface area contributed by atoms with Gasteiger partial charge in [-0.1, -0.05) is 0 Å². The molecular weight excluding hydrogens is 286 g/mol. The Morgan fingerprint density at radius 1 is 1.14 bits per heavy atom. The lowest BCUT2D eigenvalue weighted by atomic mass is 10.2. The van der Waals surface area contributed by atoms with E-state index in [0.717, 1.165) is 0 Å². The zero-order valence-corrected chi connectivity index (χ0v) is 12.0. The van der Waals surface area contributed by atoms with Gasteiger partial charge in [-0.25, -0.2) is 9.79 Å². The molecule has 1 aliphatic rings. The minimum Gasteiger partial charge on any atom is -0.493 e. The van der Waals surface area contributed by atoms with Crippen LogP contribution in [-0.4, -0.2) is 26.1 Å². The first kappa shape index (κ1) is 13.9. The number of ether oxygens (including phenoxy) is 3. The molecule has 0 bridgehead atoms. The summed E-state index contributed by atoms with van der Waals surface area (Å²) in [6, 6.07) is 8.61. The van der Waals surface area contributed by atoms with Crippen molar-refractivity contribution in [1.29, 1.82) is 0 Å². The van der Waals surface area contributed by atoms with Gasteiger partial charge >= 0.3 is 5.97 Å². The van der Waals surface area contributed by atoms with Crippen molar-refractivity contribution in [3.05, 3.63) is 53.6 Å². The molecule has 1 aliphatic heterocycles. The van der Waals surface area contributed by atoms with Crippen LogP contribution >= 0.6 is 0 Å². The van der Waals surface area contributed by atoms with E-state index in [4.69, 9.17) is 18.6 Å². The number of esters is 1. The van der Waals surface area contributed by atoms with E-state index in [0.29, 0.717) is 22.8 Å². The maximum atomic E-state index is 11.9. The monoisotopic (exact) mass is 299 g/mol. The third-order valence-electron chi connectivity index (χ3n) is 3.07. The van der Waals surface area contributed by atoms with Gasteiger partial charge in [0.1, 0.15) is 5.76 Å². The molecule has 6 heteroatoms. The highest BCUT2D eigenvalue weighted by Gasteiger charge is 2.25. The Morgan fingerprint density at radius 3 is 2.64 bits per heavy atom. The normalized spacial score (nSPS) is 15.6. The molecule has 0 spiro atoms. The molecule has 0 unspecified atom stereocenters. The second-order valence-corrected chi connectivity index (χ2v) is 4.42. The largest absolute Gasteiger partial charge is 0.493 e. The lowest BCUT2D eigenvalue weighted by Gasteiger charge is -2.08. The molecule has 112 valence electrons. The molecule has 1 aromatic heterocycles. The van der Waals surface area contributed by atoms with E-state index in [2.05, 4.69) is 4.99 Å².